The number of fused-ring (bicyclic) bond motifs is 9. The van der Waals surface area contributed by atoms with Crippen LogP contribution in [-0.4, -0.2) is 0 Å². The Hall–Kier alpha value is -6.74. The van der Waals surface area contributed by atoms with Crippen LogP contribution in [0.25, 0.3) is 85.5 Å². The van der Waals surface area contributed by atoms with Crippen LogP contribution in [0.3, 0.4) is 0 Å². The lowest BCUT2D eigenvalue weighted by Gasteiger charge is -2.26. The maximum absolute atomic E-state index is 2.40. The van der Waals surface area contributed by atoms with Crippen molar-refractivity contribution in [1.29, 1.82) is 0 Å². The third-order valence-corrected chi connectivity index (χ3v) is 12.1. The SMILES string of the molecule is c1ccc(-c2cccc(N(c3ccc(-c4cccc5c4ccc4ccc6ccccc6c45)cc3)c3ccc4cc5c(cc4c3)sc3ccccc35)c2)cc1. The zero-order valence-electron chi connectivity index (χ0n) is 29.4. The number of thiophene rings is 1. The van der Waals surface area contributed by atoms with Crippen LogP contribution in [0.1, 0.15) is 0 Å². The highest BCUT2D eigenvalue weighted by atomic mass is 32.1. The molecule has 0 fully saturated rings. The minimum atomic E-state index is 1.11. The Morgan fingerprint density at radius 2 is 0.981 bits per heavy atom. The molecule has 0 N–H and O–H groups in total. The molecule has 11 rings (SSSR count). The maximum atomic E-state index is 2.40. The molecule has 1 nitrogen and oxygen atoms in total. The first-order valence-electron chi connectivity index (χ1n) is 18.5. The summed E-state index contributed by atoms with van der Waals surface area (Å²) in [6, 6.07) is 73.5. The minimum Gasteiger partial charge on any atom is -0.310 e. The molecule has 0 aliphatic heterocycles. The van der Waals surface area contributed by atoms with Crippen molar-refractivity contribution in [2.24, 2.45) is 0 Å². The molecule has 0 aliphatic rings. The molecule has 0 bridgehead atoms. The fourth-order valence-corrected chi connectivity index (χ4v) is 9.54. The van der Waals surface area contributed by atoms with Crippen LogP contribution in [0.5, 0.6) is 0 Å². The fraction of sp³-hybridized carbons (Fsp3) is 0. The molecule has 10 aromatic carbocycles. The summed E-state index contributed by atoms with van der Waals surface area (Å²) < 4.78 is 2.65. The van der Waals surface area contributed by atoms with Gasteiger partial charge in [-0.3, -0.25) is 0 Å². The highest BCUT2D eigenvalue weighted by Crippen LogP contribution is 2.42. The first-order chi connectivity index (χ1) is 26.7. The molecule has 0 saturated carbocycles. The molecular weight excluding hydrogens is 671 g/mol. The molecule has 11 aromatic rings. The standard InChI is InChI=1S/C52H33NS/c1-2-10-34(11-3-1)38-13-8-14-42(30-38)53(43-28-24-39-32-49-47-16-6-7-19-50(47)54-51(49)33-40(39)31-43)41-26-22-36(23-27-41)44-17-9-18-48-46(44)29-25-37-21-20-35-12-4-5-15-45(35)52(37)48/h1-33H. The van der Waals surface area contributed by atoms with E-state index in [-0.39, 0.29) is 0 Å². The lowest BCUT2D eigenvalue weighted by Crippen LogP contribution is -2.10. The van der Waals surface area contributed by atoms with E-state index in [0.717, 1.165) is 17.1 Å². The molecule has 1 aromatic heterocycles. The lowest BCUT2D eigenvalue weighted by molar-refractivity contribution is 1.29. The van der Waals surface area contributed by atoms with Crippen LogP contribution < -0.4 is 4.90 Å². The fourth-order valence-electron chi connectivity index (χ4n) is 8.40. The van der Waals surface area contributed by atoms with Crippen LogP contribution in [0, 0.1) is 0 Å². The highest BCUT2D eigenvalue weighted by molar-refractivity contribution is 7.25. The quantitative estimate of drug-likeness (QED) is 0.161. The predicted molar refractivity (Wildman–Crippen MR) is 235 cm³/mol. The average molecular weight is 704 g/mol. The number of rotatable bonds is 5. The van der Waals surface area contributed by atoms with Crippen molar-refractivity contribution < 1.29 is 0 Å². The van der Waals surface area contributed by atoms with Gasteiger partial charge >= 0.3 is 0 Å². The van der Waals surface area contributed by atoms with Crippen molar-refractivity contribution in [2.75, 3.05) is 4.90 Å². The van der Waals surface area contributed by atoms with Crippen molar-refractivity contribution in [3.63, 3.8) is 0 Å². The Morgan fingerprint density at radius 1 is 0.296 bits per heavy atom. The third-order valence-electron chi connectivity index (χ3n) is 11.0. The summed E-state index contributed by atoms with van der Waals surface area (Å²) >= 11 is 1.87. The van der Waals surface area contributed by atoms with Gasteiger partial charge in [0.15, 0.2) is 0 Å². The van der Waals surface area contributed by atoms with Gasteiger partial charge < -0.3 is 4.90 Å². The molecule has 54 heavy (non-hydrogen) atoms. The number of benzene rings is 10. The zero-order valence-corrected chi connectivity index (χ0v) is 30.2. The van der Waals surface area contributed by atoms with Gasteiger partial charge in [0, 0.05) is 37.2 Å². The van der Waals surface area contributed by atoms with E-state index < -0.39 is 0 Å². The monoisotopic (exact) mass is 703 g/mol. The van der Waals surface area contributed by atoms with Crippen LogP contribution in [0.4, 0.5) is 17.1 Å². The third kappa shape index (κ3) is 5.07. The normalized spacial score (nSPS) is 11.7. The van der Waals surface area contributed by atoms with Crippen molar-refractivity contribution in [3.8, 4) is 22.3 Å². The van der Waals surface area contributed by atoms with E-state index in [0.29, 0.717) is 0 Å². The first-order valence-corrected chi connectivity index (χ1v) is 19.3. The smallest absolute Gasteiger partial charge is 0.0468 e. The topological polar surface area (TPSA) is 3.24 Å². The van der Waals surface area contributed by atoms with Crippen LogP contribution >= 0.6 is 11.3 Å². The minimum absolute atomic E-state index is 1.11. The lowest BCUT2D eigenvalue weighted by atomic mass is 9.92. The van der Waals surface area contributed by atoms with Gasteiger partial charge in [0.05, 0.1) is 0 Å². The number of anilines is 3. The molecule has 252 valence electrons. The Labute approximate surface area is 317 Å². The second kappa shape index (κ2) is 12.4. The van der Waals surface area contributed by atoms with E-state index in [9.17, 15) is 0 Å². The van der Waals surface area contributed by atoms with Crippen molar-refractivity contribution in [3.05, 3.63) is 200 Å². The van der Waals surface area contributed by atoms with E-state index in [4.69, 9.17) is 0 Å². The van der Waals surface area contributed by atoms with Crippen molar-refractivity contribution in [1.82, 2.24) is 0 Å². The summed E-state index contributed by atoms with van der Waals surface area (Å²) in [4.78, 5) is 2.40. The van der Waals surface area contributed by atoms with E-state index >= 15 is 0 Å². The largest absolute Gasteiger partial charge is 0.310 e. The van der Waals surface area contributed by atoms with Gasteiger partial charge in [-0.2, -0.15) is 0 Å². The Morgan fingerprint density at radius 3 is 1.89 bits per heavy atom. The average Bonchev–Trinajstić information content (AvgIpc) is 3.60. The molecule has 0 aliphatic carbocycles. The Bertz CT molecular complexity index is 3210. The van der Waals surface area contributed by atoms with E-state index in [2.05, 4.69) is 205 Å². The molecule has 0 spiro atoms. The summed E-state index contributed by atoms with van der Waals surface area (Å²) in [6.45, 7) is 0. The summed E-state index contributed by atoms with van der Waals surface area (Å²) in [5, 5.41) is 12.9. The van der Waals surface area contributed by atoms with Gasteiger partial charge in [-0.05, 0) is 120 Å². The number of hydrogen-bond acceptors (Lipinski definition) is 2. The number of nitrogens with zero attached hydrogens (tertiary/aromatic N) is 1. The van der Waals surface area contributed by atoms with Crippen LogP contribution in [0.15, 0.2) is 200 Å². The summed E-state index contributed by atoms with van der Waals surface area (Å²) in [5.74, 6) is 0. The molecule has 0 amide bonds. The molecule has 2 heteroatoms. The van der Waals surface area contributed by atoms with Gasteiger partial charge in [-0.25, -0.2) is 0 Å². The van der Waals surface area contributed by atoms with Gasteiger partial charge in [0.2, 0.25) is 0 Å². The molecule has 0 atom stereocenters. The van der Waals surface area contributed by atoms with Gasteiger partial charge in [-0.15, -0.1) is 11.3 Å². The van der Waals surface area contributed by atoms with Gasteiger partial charge in [0.25, 0.3) is 0 Å². The van der Waals surface area contributed by atoms with E-state index in [1.165, 1.54) is 85.5 Å². The van der Waals surface area contributed by atoms with E-state index in [1.54, 1.807) is 0 Å². The van der Waals surface area contributed by atoms with Gasteiger partial charge in [-0.1, -0.05) is 146 Å². The Kier molecular flexibility index (Phi) is 7.11. The summed E-state index contributed by atoms with van der Waals surface area (Å²) in [7, 11) is 0. The summed E-state index contributed by atoms with van der Waals surface area (Å²) in [5.41, 5.74) is 8.20. The Balaban J connectivity index is 1.06. The molecular formula is C52H33NS. The summed E-state index contributed by atoms with van der Waals surface area (Å²) in [6.07, 6.45) is 0. The van der Waals surface area contributed by atoms with E-state index in [1.807, 2.05) is 11.3 Å². The molecule has 1 heterocycles. The second-order valence-electron chi connectivity index (χ2n) is 14.1. The molecule has 0 unspecified atom stereocenters. The van der Waals surface area contributed by atoms with Crippen LogP contribution in [0.2, 0.25) is 0 Å². The number of hydrogen-bond donors (Lipinski definition) is 0. The molecule has 0 radical (unpaired) electrons. The van der Waals surface area contributed by atoms with Crippen LogP contribution in [-0.2, 0) is 0 Å². The molecule has 0 saturated heterocycles. The van der Waals surface area contributed by atoms with Crippen molar-refractivity contribution >= 4 is 91.7 Å². The second-order valence-corrected chi connectivity index (χ2v) is 15.2. The van der Waals surface area contributed by atoms with Crippen molar-refractivity contribution in [2.45, 2.75) is 0 Å². The maximum Gasteiger partial charge on any atom is 0.0468 e. The first kappa shape index (κ1) is 30.8. The zero-order chi connectivity index (χ0) is 35.6. The predicted octanol–water partition coefficient (Wildman–Crippen LogP) is 15.5. The highest BCUT2D eigenvalue weighted by Gasteiger charge is 2.17. The van der Waals surface area contributed by atoms with Gasteiger partial charge in [0.1, 0.15) is 0 Å².